The number of amides is 1. The van der Waals surface area contributed by atoms with E-state index in [1.54, 1.807) is 6.92 Å². The first-order chi connectivity index (χ1) is 9.58. The molecule has 0 atom stereocenters. The van der Waals surface area contributed by atoms with Crippen molar-refractivity contribution in [2.75, 3.05) is 10.6 Å². The fourth-order valence-electron chi connectivity index (χ4n) is 1.43. The molecule has 20 heavy (non-hydrogen) atoms. The monoisotopic (exact) mass is 278 g/mol. The van der Waals surface area contributed by atoms with Gasteiger partial charge in [-0.1, -0.05) is 6.92 Å². The van der Waals surface area contributed by atoms with Crippen molar-refractivity contribution in [2.45, 2.75) is 13.3 Å². The van der Waals surface area contributed by atoms with Gasteiger partial charge < -0.3 is 10.6 Å². The van der Waals surface area contributed by atoms with Gasteiger partial charge in [-0.05, 0) is 24.3 Å². The third kappa shape index (κ3) is 3.47. The van der Waals surface area contributed by atoms with Crippen LogP contribution < -0.4 is 10.6 Å². The number of anilines is 3. The predicted molar refractivity (Wildman–Crippen MR) is 70.6 cm³/mol. The lowest BCUT2D eigenvalue weighted by Crippen LogP contribution is -2.11. The summed E-state index contributed by atoms with van der Waals surface area (Å²) in [6, 6.07) is 6.23. The van der Waals surface area contributed by atoms with Gasteiger partial charge in [0.05, 0.1) is 5.69 Å². The molecule has 0 aliphatic rings. The van der Waals surface area contributed by atoms with Gasteiger partial charge in [-0.2, -0.15) is 0 Å². The van der Waals surface area contributed by atoms with Gasteiger partial charge in [0.15, 0.2) is 11.6 Å². The standard InChI is InChI=1S/C13H12F2N4O/c1-2-13(20)17-12-6-5-11(18-19-12)16-10-4-3-8(14)7-9(10)15/h3-7H,2H2,1H3,(H,16,18)(H,17,19,20). The molecule has 2 aromatic rings. The third-order valence-electron chi connectivity index (χ3n) is 2.45. The van der Waals surface area contributed by atoms with Crippen molar-refractivity contribution in [3.05, 3.63) is 42.0 Å². The van der Waals surface area contributed by atoms with Crippen LogP contribution in [0.4, 0.5) is 26.1 Å². The molecule has 2 N–H and O–H groups in total. The van der Waals surface area contributed by atoms with Crippen LogP contribution in [0, 0.1) is 11.6 Å². The van der Waals surface area contributed by atoms with Crippen molar-refractivity contribution in [1.29, 1.82) is 0 Å². The lowest BCUT2D eigenvalue weighted by atomic mass is 10.3. The summed E-state index contributed by atoms with van der Waals surface area (Å²) in [5, 5.41) is 12.8. The average molecular weight is 278 g/mol. The maximum atomic E-state index is 13.4. The molecule has 104 valence electrons. The van der Waals surface area contributed by atoms with Gasteiger partial charge in [0, 0.05) is 12.5 Å². The highest BCUT2D eigenvalue weighted by molar-refractivity contribution is 5.89. The van der Waals surface area contributed by atoms with Crippen LogP contribution in [-0.2, 0) is 4.79 Å². The molecule has 0 aliphatic heterocycles. The molecule has 5 nitrogen and oxygen atoms in total. The Morgan fingerprint density at radius 2 is 1.85 bits per heavy atom. The minimum atomic E-state index is -0.727. The summed E-state index contributed by atoms with van der Waals surface area (Å²) in [5.41, 5.74) is 0.0889. The van der Waals surface area contributed by atoms with E-state index in [9.17, 15) is 13.6 Å². The van der Waals surface area contributed by atoms with E-state index in [-0.39, 0.29) is 17.4 Å². The Morgan fingerprint density at radius 1 is 1.15 bits per heavy atom. The zero-order valence-electron chi connectivity index (χ0n) is 10.7. The number of aromatic nitrogens is 2. The number of carbonyl (C=O) groups excluding carboxylic acids is 1. The summed E-state index contributed by atoms with van der Waals surface area (Å²) in [7, 11) is 0. The first-order valence-corrected chi connectivity index (χ1v) is 5.94. The second-order valence-corrected chi connectivity index (χ2v) is 3.95. The number of nitrogens with zero attached hydrogens (tertiary/aromatic N) is 2. The van der Waals surface area contributed by atoms with Crippen LogP contribution in [0.15, 0.2) is 30.3 Å². The number of benzene rings is 1. The number of carbonyl (C=O) groups is 1. The first kappa shape index (κ1) is 13.9. The lowest BCUT2D eigenvalue weighted by Gasteiger charge is -2.07. The Morgan fingerprint density at radius 3 is 2.45 bits per heavy atom. The van der Waals surface area contributed by atoms with E-state index in [1.807, 2.05) is 0 Å². The van der Waals surface area contributed by atoms with Crippen LogP contribution in [-0.4, -0.2) is 16.1 Å². The van der Waals surface area contributed by atoms with Crippen molar-refractivity contribution in [3.63, 3.8) is 0 Å². The van der Waals surface area contributed by atoms with Crippen LogP contribution >= 0.6 is 0 Å². The average Bonchev–Trinajstić information content (AvgIpc) is 2.44. The molecule has 0 bridgehead atoms. The second-order valence-electron chi connectivity index (χ2n) is 3.95. The summed E-state index contributed by atoms with van der Waals surface area (Å²) >= 11 is 0. The fourth-order valence-corrected chi connectivity index (χ4v) is 1.43. The van der Waals surface area contributed by atoms with Crippen molar-refractivity contribution in [3.8, 4) is 0 Å². The summed E-state index contributed by atoms with van der Waals surface area (Å²) in [4.78, 5) is 11.2. The van der Waals surface area contributed by atoms with Crippen molar-refractivity contribution < 1.29 is 13.6 Å². The lowest BCUT2D eigenvalue weighted by molar-refractivity contribution is -0.115. The molecule has 7 heteroatoms. The van der Waals surface area contributed by atoms with Crippen molar-refractivity contribution in [2.24, 2.45) is 0 Å². The summed E-state index contributed by atoms with van der Waals surface area (Å²) in [6.07, 6.45) is 0.336. The summed E-state index contributed by atoms with van der Waals surface area (Å²) in [5.74, 6) is -0.969. The molecule has 0 radical (unpaired) electrons. The molecule has 1 amide bonds. The summed E-state index contributed by atoms with van der Waals surface area (Å²) < 4.78 is 26.2. The van der Waals surface area contributed by atoms with Gasteiger partial charge in [-0.15, -0.1) is 10.2 Å². The van der Waals surface area contributed by atoms with Gasteiger partial charge in [-0.25, -0.2) is 8.78 Å². The third-order valence-corrected chi connectivity index (χ3v) is 2.45. The minimum Gasteiger partial charge on any atom is -0.336 e. The van der Waals surface area contributed by atoms with Crippen LogP contribution in [0.3, 0.4) is 0 Å². The molecular weight excluding hydrogens is 266 g/mol. The molecule has 0 aliphatic carbocycles. The first-order valence-electron chi connectivity index (χ1n) is 5.94. The predicted octanol–water partition coefficient (Wildman–Crippen LogP) is 2.85. The zero-order valence-corrected chi connectivity index (χ0v) is 10.7. The molecule has 0 fully saturated rings. The molecule has 1 heterocycles. The molecule has 0 spiro atoms. The van der Waals surface area contributed by atoms with Gasteiger partial charge in [0.25, 0.3) is 0 Å². The van der Waals surface area contributed by atoms with E-state index in [4.69, 9.17) is 0 Å². The Hall–Kier alpha value is -2.57. The topological polar surface area (TPSA) is 66.9 Å². The van der Waals surface area contributed by atoms with E-state index in [1.165, 1.54) is 18.2 Å². The molecule has 0 unspecified atom stereocenters. The fraction of sp³-hybridized carbons (Fsp3) is 0.154. The molecule has 2 rings (SSSR count). The summed E-state index contributed by atoms with van der Waals surface area (Å²) in [6.45, 7) is 1.72. The molecule has 0 saturated heterocycles. The van der Waals surface area contributed by atoms with E-state index in [0.29, 0.717) is 12.2 Å². The molecular formula is C13H12F2N4O. The SMILES string of the molecule is CCC(=O)Nc1ccc(Nc2ccc(F)cc2F)nn1. The van der Waals surface area contributed by atoms with E-state index < -0.39 is 11.6 Å². The van der Waals surface area contributed by atoms with E-state index in [2.05, 4.69) is 20.8 Å². The van der Waals surface area contributed by atoms with Crippen molar-refractivity contribution in [1.82, 2.24) is 10.2 Å². The number of rotatable bonds is 4. The smallest absolute Gasteiger partial charge is 0.225 e. The van der Waals surface area contributed by atoms with E-state index in [0.717, 1.165) is 12.1 Å². The normalized spacial score (nSPS) is 10.2. The number of hydrogen-bond donors (Lipinski definition) is 2. The van der Waals surface area contributed by atoms with Crippen LogP contribution in [0.1, 0.15) is 13.3 Å². The Labute approximate surface area is 114 Å². The highest BCUT2D eigenvalue weighted by Crippen LogP contribution is 2.19. The molecule has 1 aromatic carbocycles. The quantitative estimate of drug-likeness (QED) is 0.902. The van der Waals surface area contributed by atoms with Crippen LogP contribution in [0.25, 0.3) is 0 Å². The minimum absolute atomic E-state index is 0.0889. The molecule has 0 saturated carbocycles. The Balaban J connectivity index is 2.08. The Kier molecular flexibility index (Phi) is 4.19. The highest BCUT2D eigenvalue weighted by Gasteiger charge is 2.06. The van der Waals surface area contributed by atoms with Crippen LogP contribution in [0.2, 0.25) is 0 Å². The largest absolute Gasteiger partial charge is 0.336 e. The second kappa shape index (κ2) is 6.05. The number of nitrogens with one attached hydrogen (secondary N) is 2. The van der Waals surface area contributed by atoms with Gasteiger partial charge in [0.2, 0.25) is 5.91 Å². The van der Waals surface area contributed by atoms with E-state index >= 15 is 0 Å². The van der Waals surface area contributed by atoms with Gasteiger partial charge in [-0.3, -0.25) is 4.79 Å². The van der Waals surface area contributed by atoms with Gasteiger partial charge in [0.1, 0.15) is 11.6 Å². The Bertz CT molecular complexity index is 616. The maximum Gasteiger partial charge on any atom is 0.225 e. The van der Waals surface area contributed by atoms with Gasteiger partial charge >= 0.3 is 0 Å². The maximum absolute atomic E-state index is 13.4. The molecule has 1 aromatic heterocycles. The zero-order chi connectivity index (χ0) is 14.5. The highest BCUT2D eigenvalue weighted by atomic mass is 19.1. The van der Waals surface area contributed by atoms with Crippen molar-refractivity contribution >= 4 is 23.2 Å². The number of halogens is 2. The number of hydrogen-bond acceptors (Lipinski definition) is 4. The van der Waals surface area contributed by atoms with Crippen LogP contribution in [0.5, 0.6) is 0 Å².